The molecular weight excluding hydrogens is 322 g/mol. The predicted octanol–water partition coefficient (Wildman–Crippen LogP) is 1.32. The smallest absolute Gasteiger partial charge is 0.342 e. The summed E-state index contributed by atoms with van der Waals surface area (Å²) >= 11 is 1.25. The maximum atomic E-state index is 12.3. The number of carbonyl (C=O) groups excluding carboxylic acids is 4. The fourth-order valence-electron chi connectivity index (χ4n) is 1.67. The Bertz CT molecular complexity index is 653. The number of hydrogen-bond donors (Lipinski definition) is 3. The average Bonchev–Trinajstić information content (AvgIpc) is 2.72. The molecule has 0 unspecified atom stereocenters. The third-order valence-corrected chi connectivity index (χ3v) is 4.12. The first-order valence-corrected chi connectivity index (χ1v) is 7.60. The molecule has 0 radical (unpaired) electrons. The molecule has 1 aromatic heterocycles. The predicted molar refractivity (Wildman–Crippen MR) is 85.6 cm³/mol. The Balaban J connectivity index is 2.91. The van der Waals surface area contributed by atoms with Crippen molar-refractivity contribution in [3.63, 3.8) is 0 Å². The van der Waals surface area contributed by atoms with Crippen molar-refractivity contribution < 1.29 is 23.9 Å². The lowest BCUT2D eigenvalue weighted by Gasteiger charge is -2.13. The highest BCUT2D eigenvalue weighted by Gasteiger charge is 2.26. The van der Waals surface area contributed by atoms with Gasteiger partial charge in [-0.15, -0.1) is 11.3 Å². The zero-order valence-corrected chi connectivity index (χ0v) is 14.3. The Morgan fingerprint density at radius 2 is 1.78 bits per heavy atom. The first kappa shape index (κ1) is 18.6. The van der Waals surface area contributed by atoms with Gasteiger partial charge in [0.1, 0.15) is 5.00 Å². The molecule has 0 bridgehead atoms. The highest BCUT2D eigenvalue weighted by Crippen LogP contribution is 2.33. The molecule has 0 aromatic carbocycles. The minimum absolute atomic E-state index is 0.210. The molecule has 0 aliphatic carbocycles. The van der Waals surface area contributed by atoms with Gasteiger partial charge < -0.3 is 15.4 Å². The molecule has 4 amide bonds. The van der Waals surface area contributed by atoms with Crippen molar-refractivity contribution in [2.75, 3.05) is 12.4 Å². The first-order chi connectivity index (χ1) is 10.7. The number of esters is 1. The van der Waals surface area contributed by atoms with E-state index in [4.69, 9.17) is 4.74 Å². The highest BCUT2D eigenvalue weighted by molar-refractivity contribution is 7.16. The molecule has 0 spiro atoms. The van der Waals surface area contributed by atoms with Crippen LogP contribution in [-0.4, -0.2) is 37.0 Å². The van der Waals surface area contributed by atoms with Crippen molar-refractivity contribution in [2.24, 2.45) is 0 Å². The Morgan fingerprint density at radius 3 is 2.30 bits per heavy atom. The summed E-state index contributed by atoms with van der Waals surface area (Å²) in [6, 6.07) is -0.695. The topological polar surface area (TPSA) is 114 Å². The van der Waals surface area contributed by atoms with E-state index in [1.54, 1.807) is 6.92 Å². The summed E-state index contributed by atoms with van der Waals surface area (Å²) in [7, 11) is 1.36. The van der Waals surface area contributed by atoms with Crippen molar-refractivity contribution in [2.45, 2.75) is 33.8 Å². The maximum absolute atomic E-state index is 12.3. The van der Waals surface area contributed by atoms with E-state index in [-0.39, 0.29) is 11.5 Å². The van der Waals surface area contributed by atoms with Crippen LogP contribution in [0.25, 0.3) is 0 Å². The maximum Gasteiger partial charge on any atom is 0.342 e. The number of imide groups is 1. The van der Waals surface area contributed by atoms with Crippen LogP contribution >= 0.6 is 11.3 Å². The molecule has 23 heavy (non-hydrogen) atoms. The standard InChI is InChI=1S/C14H19N3O5S/c1-6-8(3)23-12(16-9(4)18)10(6)13(20)22-7(2)11(19)17-14(21)15-5/h7H,1-5H3,(H,16,18)(H2,15,17,19,21)/t7-/m1/s1. The minimum atomic E-state index is -1.16. The van der Waals surface area contributed by atoms with Gasteiger partial charge in [-0.25, -0.2) is 9.59 Å². The van der Waals surface area contributed by atoms with Crippen LogP contribution in [0.1, 0.15) is 34.6 Å². The van der Waals surface area contributed by atoms with Crippen molar-refractivity contribution in [1.29, 1.82) is 0 Å². The third kappa shape index (κ3) is 4.78. The summed E-state index contributed by atoms with van der Waals surface area (Å²) < 4.78 is 5.08. The molecule has 0 aliphatic heterocycles. The molecule has 0 aliphatic rings. The molecule has 1 aromatic rings. The van der Waals surface area contributed by atoms with Gasteiger partial charge in [-0.2, -0.15) is 0 Å². The second-order valence-electron chi connectivity index (χ2n) is 4.78. The fourth-order valence-corrected chi connectivity index (χ4v) is 2.76. The number of aryl methyl sites for hydroxylation is 1. The van der Waals surface area contributed by atoms with Crippen LogP contribution in [0.5, 0.6) is 0 Å². The van der Waals surface area contributed by atoms with Crippen LogP contribution in [0, 0.1) is 13.8 Å². The zero-order chi connectivity index (χ0) is 17.7. The summed E-state index contributed by atoms with van der Waals surface area (Å²) in [4.78, 5) is 47.2. The number of urea groups is 1. The van der Waals surface area contributed by atoms with Gasteiger partial charge in [0.05, 0.1) is 5.56 Å². The normalized spacial score (nSPS) is 11.3. The van der Waals surface area contributed by atoms with Gasteiger partial charge >= 0.3 is 12.0 Å². The van der Waals surface area contributed by atoms with E-state index in [0.717, 1.165) is 4.88 Å². The van der Waals surface area contributed by atoms with Crippen LogP contribution in [0.3, 0.4) is 0 Å². The third-order valence-electron chi connectivity index (χ3n) is 3.00. The molecule has 126 valence electrons. The molecular formula is C14H19N3O5S. The summed E-state index contributed by atoms with van der Waals surface area (Å²) in [5.74, 6) is -1.80. The number of amides is 4. The molecule has 8 nitrogen and oxygen atoms in total. The molecule has 0 fully saturated rings. The van der Waals surface area contributed by atoms with Crippen molar-refractivity contribution >= 4 is 40.2 Å². The summed E-state index contributed by atoms with van der Waals surface area (Å²) in [6.45, 7) is 6.22. The molecule has 1 rings (SSSR count). The van der Waals surface area contributed by atoms with E-state index in [1.165, 1.54) is 32.2 Å². The van der Waals surface area contributed by atoms with Gasteiger partial charge in [-0.1, -0.05) is 0 Å². The number of ether oxygens (including phenoxy) is 1. The van der Waals surface area contributed by atoms with E-state index in [9.17, 15) is 19.2 Å². The summed E-state index contributed by atoms with van der Waals surface area (Å²) in [5.41, 5.74) is 0.880. The fraction of sp³-hybridized carbons (Fsp3) is 0.429. The Hall–Kier alpha value is -2.42. The van der Waals surface area contributed by atoms with Crippen LogP contribution in [-0.2, 0) is 14.3 Å². The van der Waals surface area contributed by atoms with E-state index >= 15 is 0 Å². The molecule has 0 saturated heterocycles. The van der Waals surface area contributed by atoms with Gasteiger partial charge in [0.2, 0.25) is 5.91 Å². The van der Waals surface area contributed by atoms with Crippen LogP contribution in [0.4, 0.5) is 9.80 Å². The molecule has 9 heteroatoms. The number of anilines is 1. The largest absolute Gasteiger partial charge is 0.449 e. The van der Waals surface area contributed by atoms with Crippen LogP contribution in [0.2, 0.25) is 0 Å². The van der Waals surface area contributed by atoms with E-state index in [2.05, 4.69) is 10.6 Å². The van der Waals surface area contributed by atoms with Gasteiger partial charge in [-0.05, 0) is 26.3 Å². The number of carbonyl (C=O) groups is 4. The lowest BCUT2D eigenvalue weighted by Crippen LogP contribution is -2.43. The second kappa shape index (κ2) is 7.73. The number of rotatable bonds is 4. The quantitative estimate of drug-likeness (QED) is 0.715. The zero-order valence-electron chi connectivity index (χ0n) is 13.5. The van der Waals surface area contributed by atoms with Crippen LogP contribution < -0.4 is 16.0 Å². The number of nitrogens with one attached hydrogen (secondary N) is 3. The van der Waals surface area contributed by atoms with Crippen molar-refractivity contribution in [3.05, 3.63) is 16.0 Å². The van der Waals surface area contributed by atoms with Crippen LogP contribution in [0.15, 0.2) is 0 Å². The van der Waals surface area contributed by atoms with Crippen molar-refractivity contribution in [3.8, 4) is 0 Å². The Morgan fingerprint density at radius 1 is 1.17 bits per heavy atom. The van der Waals surface area contributed by atoms with Gasteiger partial charge in [-0.3, -0.25) is 14.9 Å². The highest BCUT2D eigenvalue weighted by atomic mass is 32.1. The summed E-state index contributed by atoms with van der Waals surface area (Å²) in [6.07, 6.45) is -1.16. The average molecular weight is 341 g/mol. The number of thiophene rings is 1. The minimum Gasteiger partial charge on any atom is -0.449 e. The second-order valence-corrected chi connectivity index (χ2v) is 6.01. The van der Waals surface area contributed by atoms with Crippen molar-refractivity contribution in [1.82, 2.24) is 10.6 Å². The van der Waals surface area contributed by atoms with E-state index in [0.29, 0.717) is 10.6 Å². The number of hydrogen-bond acceptors (Lipinski definition) is 6. The SMILES string of the molecule is CNC(=O)NC(=O)[C@@H](C)OC(=O)c1c(NC(C)=O)sc(C)c1C. The lowest BCUT2D eigenvalue weighted by molar-refractivity contribution is -0.127. The van der Waals surface area contributed by atoms with Gasteiger partial charge in [0.15, 0.2) is 6.10 Å². The molecule has 3 N–H and O–H groups in total. The summed E-state index contributed by atoms with van der Waals surface area (Å²) in [5, 5.41) is 7.19. The molecule has 1 atom stereocenters. The van der Waals surface area contributed by atoms with Gasteiger partial charge in [0, 0.05) is 18.8 Å². The lowest BCUT2D eigenvalue weighted by atomic mass is 10.1. The molecule has 0 saturated carbocycles. The first-order valence-electron chi connectivity index (χ1n) is 6.78. The molecule has 1 heterocycles. The van der Waals surface area contributed by atoms with Gasteiger partial charge in [0.25, 0.3) is 5.91 Å². The Labute approximate surface area is 137 Å². The monoisotopic (exact) mass is 341 g/mol. The Kier molecular flexibility index (Phi) is 6.26. The van der Waals surface area contributed by atoms with E-state index < -0.39 is 24.0 Å². The van der Waals surface area contributed by atoms with E-state index in [1.807, 2.05) is 12.2 Å².